The number of nitrogens with zero attached hydrogens (tertiary/aromatic N) is 5. The summed E-state index contributed by atoms with van der Waals surface area (Å²) in [6.45, 7) is 4.85. The molecule has 2 saturated heterocycles. The normalized spacial score (nSPS) is 23.8. The zero-order valence-corrected chi connectivity index (χ0v) is 18.0. The molecule has 1 atom stereocenters. The van der Waals surface area contributed by atoms with E-state index in [9.17, 15) is 13.2 Å². The molecule has 1 aromatic rings. The van der Waals surface area contributed by atoms with Gasteiger partial charge in [-0.05, 0) is 25.7 Å². The summed E-state index contributed by atoms with van der Waals surface area (Å²) < 4.78 is 29.4. The highest BCUT2D eigenvalue weighted by molar-refractivity contribution is 7.86. The van der Waals surface area contributed by atoms with E-state index in [1.165, 1.54) is 0 Å². The molecule has 0 saturated carbocycles. The third kappa shape index (κ3) is 3.97. The summed E-state index contributed by atoms with van der Waals surface area (Å²) in [7, 11) is -1.63. The van der Waals surface area contributed by atoms with Crippen LogP contribution in [0.25, 0.3) is 0 Å². The number of carbonyl (C=O) groups excluding carboxylic acids is 1. The van der Waals surface area contributed by atoms with Gasteiger partial charge in [0.25, 0.3) is 10.2 Å². The molecule has 2 fully saturated rings. The van der Waals surface area contributed by atoms with Gasteiger partial charge in [-0.25, -0.2) is 9.97 Å². The molecule has 0 aromatic carbocycles. The maximum absolute atomic E-state index is 13.1. The highest BCUT2D eigenvalue weighted by Crippen LogP contribution is 2.31. The lowest BCUT2D eigenvalue weighted by Crippen LogP contribution is -2.47. The fourth-order valence-corrected chi connectivity index (χ4v) is 6.18. The molecule has 3 aliphatic heterocycles. The number of hydrogen-bond acceptors (Lipinski definition) is 6. The molecule has 9 nitrogen and oxygen atoms in total. The number of carbonyl (C=O) groups is 1. The molecule has 10 heteroatoms. The van der Waals surface area contributed by atoms with E-state index in [-0.39, 0.29) is 18.4 Å². The molecule has 0 aliphatic carbocycles. The number of rotatable bonds is 4. The van der Waals surface area contributed by atoms with Crippen LogP contribution in [0.15, 0.2) is 0 Å². The van der Waals surface area contributed by atoms with Gasteiger partial charge in [-0.15, -0.1) is 0 Å². The van der Waals surface area contributed by atoms with E-state index in [2.05, 4.69) is 5.32 Å². The van der Waals surface area contributed by atoms with Crippen molar-refractivity contribution in [3.05, 3.63) is 17.1 Å². The molecule has 1 aromatic heterocycles. The largest absolute Gasteiger partial charge is 0.373 e. The van der Waals surface area contributed by atoms with Gasteiger partial charge < -0.3 is 10.2 Å². The lowest BCUT2D eigenvalue weighted by Gasteiger charge is -2.34. The van der Waals surface area contributed by atoms with E-state index in [0.29, 0.717) is 45.0 Å². The number of piperidine rings is 1. The van der Waals surface area contributed by atoms with Crippen molar-refractivity contribution in [1.29, 1.82) is 0 Å². The molecular weight excluding hydrogens is 392 g/mol. The Balaban J connectivity index is 1.59. The second-order valence-electron chi connectivity index (χ2n) is 8.11. The fourth-order valence-electron chi connectivity index (χ4n) is 4.53. The summed E-state index contributed by atoms with van der Waals surface area (Å²) in [5.74, 6) is 1.64. The van der Waals surface area contributed by atoms with Gasteiger partial charge in [0.2, 0.25) is 5.91 Å². The Labute approximate surface area is 172 Å². The maximum Gasteiger partial charge on any atom is 0.282 e. The van der Waals surface area contributed by atoms with Crippen LogP contribution < -0.4 is 5.32 Å². The second-order valence-corrected chi connectivity index (χ2v) is 10.0. The zero-order chi connectivity index (χ0) is 20.6. The molecule has 1 unspecified atom stereocenters. The Morgan fingerprint density at radius 2 is 1.83 bits per heavy atom. The predicted molar refractivity (Wildman–Crippen MR) is 110 cm³/mol. The molecular formula is C19H30N6O3S. The van der Waals surface area contributed by atoms with Crippen LogP contribution in [0.4, 0.5) is 5.82 Å². The van der Waals surface area contributed by atoms with Crippen LogP contribution in [-0.4, -0.2) is 77.6 Å². The van der Waals surface area contributed by atoms with Crippen molar-refractivity contribution in [2.75, 3.05) is 45.1 Å². The van der Waals surface area contributed by atoms with Crippen molar-refractivity contribution >= 4 is 21.9 Å². The Morgan fingerprint density at radius 1 is 1.07 bits per heavy atom. The van der Waals surface area contributed by atoms with Crippen LogP contribution in [0, 0.1) is 0 Å². The van der Waals surface area contributed by atoms with Crippen LogP contribution in [0.1, 0.15) is 55.6 Å². The number of aromatic nitrogens is 2. The van der Waals surface area contributed by atoms with Crippen LogP contribution in [0.3, 0.4) is 0 Å². The lowest BCUT2D eigenvalue weighted by atomic mass is 10.0. The SMILES string of the molecule is CNc1nc(C2CCN(C(C)=O)C2)nc2c1CCN(S(=O)(=O)N1CCCCC1)C2. The van der Waals surface area contributed by atoms with E-state index < -0.39 is 10.2 Å². The summed E-state index contributed by atoms with van der Waals surface area (Å²) in [5.41, 5.74) is 1.79. The van der Waals surface area contributed by atoms with Gasteiger partial charge >= 0.3 is 0 Å². The summed E-state index contributed by atoms with van der Waals surface area (Å²) in [6, 6.07) is 0. The van der Waals surface area contributed by atoms with E-state index in [1.807, 2.05) is 11.9 Å². The fraction of sp³-hybridized carbons (Fsp3) is 0.737. The standard InChI is InChI=1S/C19H30N6O3S/c1-14(26)23-10-6-15(12-23)18-21-17-13-25(11-7-16(17)19(20-2)22-18)29(27,28)24-8-4-3-5-9-24/h15H,3-13H2,1-2H3,(H,20,21,22). The van der Waals surface area contributed by atoms with Gasteiger partial charge in [0.05, 0.1) is 12.2 Å². The molecule has 0 spiro atoms. The van der Waals surface area contributed by atoms with E-state index >= 15 is 0 Å². The summed E-state index contributed by atoms with van der Waals surface area (Å²) in [5, 5.41) is 3.16. The topological polar surface area (TPSA) is 98.7 Å². The van der Waals surface area contributed by atoms with Crippen LogP contribution in [0.5, 0.6) is 0 Å². The quantitative estimate of drug-likeness (QED) is 0.776. The third-order valence-corrected chi connectivity index (χ3v) is 8.23. The number of anilines is 1. The third-order valence-electron chi connectivity index (χ3n) is 6.25. The Bertz CT molecular complexity index is 884. The predicted octanol–water partition coefficient (Wildman–Crippen LogP) is 0.943. The average molecular weight is 423 g/mol. The summed E-state index contributed by atoms with van der Waals surface area (Å²) in [6.07, 6.45) is 4.37. The van der Waals surface area contributed by atoms with Crippen LogP contribution >= 0.6 is 0 Å². The maximum atomic E-state index is 13.1. The molecule has 1 amide bonds. The van der Waals surface area contributed by atoms with Gasteiger partial charge in [0.1, 0.15) is 11.6 Å². The molecule has 4 heterocycles. The number of amides is 1. The van der Waals surface area contributed by atoms with Gasteiger partial charge in [-0.3, -0.25) is 4.79 Å². The second kappa shape index (κ2) is 8.16. The molecule has 29 heavy (non-hydrogen) atoms. The highest BCUT2D eigenvalue weighted by Gasteiger charge is 2.35. The van der Waals surface area contributed by atoms with Gasteiger partial charge in [-0.2, -0.15) is 17.0 Å². The van der Waals surface area contributed by atoms with Gasteiger partial charge in [-0.1, -0.05) is 6.42 Å². The molecule has 0 radical (unpaired) electrons. The lowest BCUT2D eigenvalue weighted by molar-refractivity contribution is -0.127. The first-order valence-electron chi connectivity index (χ1n) is 10.5. The van der Waals surface area contributed by atoms with Crippen LogP contribution in [0.2, 0.25) is 0 Å². The highest BCUT2D eigenvalue weighted by atomic mass is 32.2. The molecule has 4 rings (SSSR count). The number of likely N-dealkylation sites (tertiary alicyclic amines) is 1. The Kier molecular flexibility index (Phi) is 5.76. The van der Waals surface area contributed by atoms with Crippen molar-refractivity contribution in [2.24, 2.45) is 0 Å². The minimum Gasteiger partial charge on any atom is -0.373 e. The van der Waals surface area contributed by atoms with E-state index in [1.54, 1.807) is 15.5 Å². The smallest absolute Gasteiger partial charge is 0.282 e. The van der Waals surface area contributed by atoms with Crippen molar-refractivity contribution in [3.8, 4) is 0 Å². The van der Waals surface area contributed by atoms with E-state index in [0.717, 1.165) is 42.8 Å². The van der Waals surface area contributed by atoms with Crippen molar-refractivity contribution in [2.45, 2.75) is 51.5 Å². The monoisotopic (exact) mass is 422 g/mol. The molecule has 1 N–H and O–H groups in total. The summed E-state index contributed by atoms with van der Waals surface area (Å²) in [4.78, 5) is 23.0. The van der Waals surface area contributed by atoms with Gasteiger partial charge in [0, 0.05) is 58.2 Å². The van der Waals surface area contributed by atoms with Gasteiger partial charge in [0.15, 0.2) is 0 Å². The first-order chi connectivity index (χ1) is 13.9. The number of nitrogens with one attached hydrogen (secondary N) is 1. The first-order valence-corrected chi connectivity index (χ1v) is 11.9. The van der Waals surface area contributed by atoms with Crippen molar-refractivity contribution in [3.63, 3.8) is 0 Å². The summed E-state index contributed by atoms with van der Waals surface area (Å²) >= 11 is 0. The zero-order valence-electron chi connectivity index (χ0n) is 17.2. The van der Waals surface area contributed by atoms with Crippen LogP contribution in [-0.2, 0) is 28.0 Å². The number of hydrogen-bond donors (Lipinski definition) is 1. The van der Waals surface area contributed by atoms with E-state index in [4.69, 9.17) is 9.97 Å². The van der Waals surface area contributed by atoms with Crippen molar-refractivity contribution in [1.82, 2.24) is 23.5 Å². The average Bonchev–Trinajstić information content (AvgIpc) is 3.24. The molecule has 3 aliphatic rings. The molecule has 0 bridgehead atoms. The Hall–Kier alpha value is -1.78. The molecule has 160 valence electrons. The minimum atomic E-state index is -3.47. The minimum absolute atomic E-state index is 0.0677. The Morgan fingerprint density at radius 3 is 2.48 bits per heavy atom. The number of fused-ring (bicyclic) bond motifs is 1. The first kappa shape index (κ1) is 20.5. The van der Waals surface area contributed by atoms with Crippen molar-refractivity contribution < 1.29 is 13.2 Å².